The van der Waals surface area contributed by atoms with E-state index in [4.69, 9.17) is 9.15 Å². The van der Waals surface area contributed by atoms with E-state index in [0.29, 0.717) is 19.7 Å². The van der Waals surface area contributed by atoms with E-state index in [-0.39, 0.29) is 11.8 Å². The first-order valence-corrected chi connectivity index (χ1v) is 7.83. The van der Waals surface area contributed by atoms with Gasteiger partial charge in [0.2, 0.25) is 5.91 Å². The normalized spacial score (nSPS) is 16.2. The molecule has 2 aromatic rings. The van der Waals surface area contributed by atoms with Crippen molar-refractivity contribution in [3.63, 3.8) is 0 Å². The van der Waals surface area contributed by atoms with Crippen LogP contribution in [0.25, 0.3) is 0 Å². The Morgan fingerprint density at radius 2 is 2.00 bits per heavy atom. The summed E-state index contributed by atoms with van der Waals surface area (Å²) in [6.45, 7) is 2.36. The summed E-state index contributed by atoms with van der Waals surface area (Å²) in [5.41, 5.74) is 0.979. The van der Waals surface area contributed by atoms with Crippen molar-refractivity contribution in [3.05, 3.63) is 54.0 Å². The Morgan fingerprint density at radius 3 is 2.74 bits per heavy atom. The standard InChI is InChI=1S/C18H22N2O3/c1-19(2)9-10-20(12-14-6-5-11-22-14)18(21)16-13-23-17-8-4-3-7-15(16)17/h3-8,11,16H,9-10,12-13H2,1-2H3/t16-/m1/s1. The van der Waals surface area contributed by atoms with Gasteiger partial charge >= 0.3 is 0 Å². The van der Waals surface area contributed by atoms with Crippen LogP contribution in [-0.4, -0.2) is 49.5 Å². The molecular weight excluding hydrogens is 292 g/mol. The van der Waals surface area contributed by atoms with Crippen molar-refractivity contribution in [2.75, 3.05) is 33.8 Å². The monoisotopic (exact) mass is 314 g/mol. The second-order valence-electron chi connectivity index (χ2n) is 6.04. The lowest BCUT2D eigenvalue weighted by atomic mass is 9.99. The number of nitrogens with zero attached hydrogens (tertiary/aromatic N) is 2. The van der Waals surface area contributed by atoms with E-state index in [9.17, 15) is 4.79 Å². The molecule has 1 aromatic carbocycles. The molecule has 0 radical (unpaired) electrons. The highest BCUT2D eigenvalue weighted by Gasteiger charge is 2.33. The summed E-state index contributed by atoms with van der Waals surface area (Å²) < 4.78 is 11.1. The van der Waals surface area contributed by atoms with Crippen LogP contribution < -0.4 is 4.74 Å². The van der Waals surface area contributed by atoms with Crippen LogP contribution in [0, 0.1) is 0 Å². The quantitative estimate of drug-likeness (QED) is 0.821. The fourth-order valence-corrected chi connectivity index (χ4v) is 2.77. The third-order valence-electron chi connectivity index (χ3n) is 4.05. The Kier molecular flexibility index (Phi) is 4.67. The number of hydrogen-bond acceptors (Lipinski definition) is 4. The highest BCUT2D eigenvalue weighted by atomic mass is 16.5. The van der Waals surface area contributed by atoms with Crippen molar-refractivity contribution in [2.45, 2.75) is 12.5 Å². The molecule has 3 rings (SSSR count). The van der Waals surface area contributed by atoms with Crippen molar-refractivity contribution < 1.29 is 13.9 Å². The maximum absolute atomic E-state index is 13.0. The summed E-state index contributed by atoms with van der Waals surface area (Å²) >= 11 is 0. The van der Waals surface area contributed by atoms with E-state index in [1.807, 2.05) is 55.4 Å². The molecule has 0 fully saturated rings. The SMILES string of the molecule is CN(C)CCN(Cc1ccco1)C(=O)[C@@H]1COc2ccccc21. The maximum Gasteiger partial charge on any atom is 0.234 e. The van der Waals surface area contributed by atoms with Crippen LogP contribution in [0.3, 0.4) is 0 Å². The molecule has 1 amide bonds. The van der Waals surface area contributed by atoms with E-state index < -0.39 is 0 Å². The van der Waals surface area contributed by atoms with E-state index in [0.717, 1.165) is 23.6 Å². The fraction of sp³-hybridized carbons (Fsp3) is 0.389. The van der Waals surface area contributed by atoms with E-state index in [1.54, 1.807) is 6.26 Å². The van der Waals surface area contributed by atoms with Gasteiger partial charge in [-0.3, -0.25) is 4.79 Å². The predicted molar refractivity (Wildman–Crippen MR) is 87.4 cm³/mol. The minimum Gasteiger partial charge on any atom is -0.492 e. The van der Waals surface area contributed by atoms with Crippen molar-refractivity contribution in [1.82, 2.24) is 9.80 Å². The molecular formula is C18H22N2O3. The van der Waals surface area contributed by atoms with Crippen LogP contribution in [0.1, 0.15) is 17.2 Å². The van der Waals surface area contributed by atoms with Gasteiger partial charge in [-0.1, -0.05) is 18.2 Å². The molecule has 1 aromatic heterocycles. The van der Waals surface area contributed by atoms with Crippen molar-refractivity contribution in [3.8, 4) is 5.75 Å². The smallest absolute Gasteiger partial charge is 0.234 e. The Balaban J connectivity index is 1.77. The Bertz CT molecular complexity index is 652. The zero-order valence-electron chi connectivity index (χ0n) is 13.6. The molecule has 2 heterocycles. The molecule has 0 saturated heterocycles. The van der Waals surface area contributed by atoms with Gasteiger partial charge in [0.25, 0.3) is 0 Å². The summed E-state index contributed by atoms with van der Waals surface area (Å²) in [5.74, 6) is 1.47. The number of para-hydroxylation sites is 1. The van der Waals surface area contributed by atoms with Crippen LogP contribution in [0.15, 0.2) is 47.1 Å². The second-order valence-corrected chi connectivity index (χ2v) is 6.04. The summed E-state index contributed by atoms with van der Waals surface area (Å²) in [5, 5.41) is 0. The van der Waals surface area contributed by atoms with Crippen LogP contribution in [-0.2, 0) is 11.3 Å². The van der Waals surface area contributed by atoms with Crippen LogP contribution in [0.2, 0.25) is 0 Å². The van der Waals surface area contributed by atoms with Crippen LogP contribution in [0.4, 0.5) is 0 Å². The molecule has 23 heavy (non-hydrogen) atoms. The molecule has 0 bridgehead atoms. The Labute approximate surface area is 136 Å². The van der Waals surface area contributed by atoms with Gasteiger partial charge in [-0.2, -0.15) is 0 Å². The van der Waals surface area contributed by atoms with Gasteiger partial charge in [0.05, 0.1) is 12.8 Å². The summed E-state index contributed by atoms with van der Waals surface area (Å²) in [6.07, 6.45) is 1.64. The zero-order valence-corrected chi connectivity index (χ0v) is 13.6. The number of hydrogen-bond donors (Lipinski definition) is 0. The van der Waals surface area contributed by atoms with Crippen molar-refractivity contribution in [1.29, 1.82) is 0 Å². The van der Waals surface area contributed by atoms with Gasteiger partial charge in [-0.05, 0) is 32.3 Å². The number of benzene rings is 1. The predicted octanol–water partition coefficient (Wildman–Crippen LogP) is 2.35. The first-order valence-electron chi connectivity index (χ1n) is 7.83. The number of rotatable bonds is 6. The first-order chi connectivity index (χ1) is 11.1. The van der Waals surface area contributed by atoms with E-state index in [2.05, 4.69) is 4.90 Å². The van der Waals surface area contributed by atoms with E-state index in [1.165, 1.54) is 0 Å². The average molecular weight is 314 g/mol. The summed E-state index contributed by atoms with van der Waals surface area (Å²) in [6, 6.07) is 11.5. The number of carbonyl (C=O) groups is 1. The molecule has 0 spiro atoms. The maximum atomic E-state index is 13.0. The zero-order chi connectivity index (χ0) is 16.2. The van der Waals surface area contributed by atoms with Crippen LogP contribution >= 0.6 is 0 Å². The minimum absolute atomic E-state index is 0.0909. The second kappa shape index (κ2) is 6.87. The van der Waals surface area contributed by atoms with Crippen LogP contribution in [0.5, 0.6) is 5.75 Å². The number of fused-ring (bicyclic) bond motifs is 1. The number of likely N-dealkylation sites (N-methyl/N-ethyl adjacent to an activating group) is 1. The molecule has 1 aliphatic rings. The fourth-order valence-electron chi connectivity index (χ4n) is 2.77. The molecule has 0 unspecified atom stereocenters. The molecule has 0 saturated carbocycles. The van der Waals surface area contributed by atoms with Gasteiger partial charge < -0.3 is 19.0 Å². The minimum atomic E-state index is -0.233. The first kappa shape index (κ1) is 15.6. The largest absolute Gasteiger partial charge is 0.492 e. The highest BCUT2D eigenvalue weighted by Crippen LogP contribution is 2.34. The molecule has 122 valence electrons. The van der Waals surface area contributed by atoms with Gasteiger partial charge in [0, 0.05) is 18.7 Å². The number of ether oxygens (including phenoxy) is 1. The third-order valence-corrected chi connectivity index (χ3v) is 4.05. The molecule has 5 nitrogen and oxygen atoms in total. The van der Waals surface area contributed by atoms with Gasteiger partial charge in [-0.25, -0.2) is 0 Å². The van der Waals surface area contributed by atoms with E-state index >= 15 is 0 Å². The van der Waals surface area contributed by atoms with Gasteiger partial charge in [0.1, 0.15) is 24.0 Å². The lowest BCUT2D eigenvalue weighted by Crippen LogP contribution is -2.39. The summed E-state index contributed by atoms with van der Waals surface area (Å²) in [7, 11) is 4.01. The lowest BCUT2D eigenvalue weighted by molar-refractivity contribution is -0.134. The summed E-state index contributed by atoms with van der Waals surface area (Å²) in [4.78, 5) is 17.0. The lowest BCUT2D eigenvalue weighted by Gasteiger charge is -2.26. The molecule has 0 N–H and O–H groups in total. The van der Waals surface area contributed by atoms with Crippen molar-refractivity contribution in [2.24, 2.45) is 0 Å². The average Bonchev–Trinajstić information content (AvgIpc) is 3.20. The Hall–Kier alpha value is -2.27. The van der Waals surface area contributed by atoms with Crippen molar-refractivity contribution >= 4 is 5.91 Å². The number of amides is 1. The molecule has 5 heteroatoms. The molecule has 1 aliphatic heterocycles. The Morgan fingerprint density at radius 1 is 1.17 bits per heavy atom. The molecule has 1 atom stereocenters. The van der Waals surface area contributed by atoms with Gasteiger partial charge in [0.15, 0.2) is 0 Å². The number of carbonyl (C=O) groups excluding carboxylic acids is 1. The number of furan rings is 1. The molecule has 0 aliphatic carbocycles. The van der Waals surface area contributed by atoms with Gasteiger partial charge in [-0.15, -0.1) is 0 Å². The third kappa shape index (κ3) is 3.56. The highest BCUT2D eigenvalue weighted by molar-refractivity contribution is 5.85. The topological polar surface area (TPSA) is 45.9 Å².